The minimum absolute atomic E-state index is 0.00577. The molecular formula is C26H30FN3O3. The van der Waals surface area contributed by atoms with E-state index in [1.54, 1.807) is 22.8 Å². The molecule has 3 aromatic rings. The standard InChI is InChI=1S/C26H30FN3O3/c1-3-18-7-6-10-21-23(17-28-25(18)21)22(19-8-5-9-20(27)15-19)16-24(31)29-11-13-30(14-12-29)26(32)33-4-2/h5-10,15,17,22,28H,3-4,11-14,16H2,1-2H3/t22-/m1/s1. The van der Waals surface area contributed by atoms with Crippen LogP contribution in [-0.2, 0) is 16.0 Å². The predicted molar refractivity (Wildman–Crippen MR) is 126 cm³/mol. The van der Waals surface area contributed by atoms with E-state index in [1.165, 1.54) is 17.7 Å². The summed E-state index contributed by atoms with van der Waals surface area (Å²) in [6.45, 7) is 6.03. The van der Waals surface area contributed by atoms with Crippen molar-refractivity contribution in [2.24, 2.45) is 0 Å². The van der Waals surface area contributed by atoms with Crippen LogP contribution >= 0.6 is 0 Å². The van der Waals surface area contributed by atoms with Gasteiger partial charge in [0.2, 0.25) is 5.91 Å². The van der Waals surface area contributed by atoms with Crippen LogP contribution in [0.2, 0.25) is 0 Å². The topological polar surface area (TPSA) is 65.6 Å². The minimum Gasteiger partial charge on any atom is -0.450 e. The molecule has 6 nitrogen and oxygen atoms in total. The number of H-pyrrole nitrogens is 1. The Morgan fingerprint density at radius 3 is 2.48 bits per heavy atom. The maximum absolute atomic E-state index is 14.1. The van der Waals surface area contributed by atoms with Gasteiger partial charge in [-0.15, -0.1) is 0 Å². The van der Waals surface area contributed by atoms with Gasteiger partial charge in [-0.1, -0.05) is 37.3 Å². The quantitative estimate of drug-likeness (QED) is 0.591. The monoisotopic (exact) mass is 451 g/mol. The van der Waals surface area contributed by atoms with E-state index in [0.29, 0.717) is 32.8 Å². The Morgan fingerprint density at radius 1 is 1.06 bits per heavy atom. The highest BCUT2D eigenvalue weighted by atomic mass is 19.1. The third-order valence-corrected chi connectivity index (χ3v) is 6.38. The first kappa shape index (κ1) is 22.8. The Morgan fingerprint density at radius 2 is 1.79 bits per heavy atom. The Bertz CT molecular complexity index is 1130. The molecule has 1 saturated heterocycles. The third kappa shape index (κ3) is 4.87. The number of ether oxygens (including phenoxy) is 1. The molecule has 0 aliphatic carbocycles. The number of rotatable bonds is 6. The Balaban J connectivity index is 1.59. The van der Waals surface area contributed by atoms with Gasteiger partial charge in [0.1, 0.15) is 5.82 Å². The first-order valence-corrected chi connectivity index (χ1v) is 11.6. The fraction of sp³-hybridized carbons (Fsp3) is 0.385. The van der Waals surface area contributed by atoms with Crippen LogP contribution in [0.5, 0.6) is 0 Å². The molecule has 4 rings (SSSR count). The number of carbonyl (C=O) groups excluding carboxylic acids is 2. The van der Waals surface area contributed by atoms with E-state index in [4.69, 9.17) is 4.74 Å². The van der Waals surface area contributed by atoms with Gasteiger partial charge in [-0.05, 0) is 42.2 Å². The van der Waals surface area contributed by atoms with E-state index in [-0.39, 0.29) is 30.2 Å². The molecule has 2 heterocycles. The largest absolute Gasteiger partial charge is 0.450 e. The van der Waals surface area contributed by atoms with Crippen molar-refractivity contribution in [3.05, 3.63) is 71.2 Å². The number of nitrogens with one attached hydrogen (secondary N) is 1. The number of hydrogen-bond acceptors (Lipinski definition) is 3. The van der Waals surface area contributed by atoms with Crippen molar-refractivity contribution >= 4 is 22.9 Å². The van der Waals surface area contributed by atoms with Gasteiger partial charge < -0.3 is 19.5 Å². The van der Waals surface area contributed by atoms with E-state index >= 15 is 0 Å². The molecular weight excluding hydrogens is 421 g/mol. The minimum atomic E-state index is -0.340. The number of halogens is 1. The summed E-state index contributed by atoms with van der Waals surface area (Å²) in [6.07, 6.45) is 2.73. The molecule has 1 atom stereocenters. The van der Waals surface area contributed by atoms with Crippen molar-refractivity contribution in [3.63, 3.8) is 0 Å². The molecule has 0 bridgehead atoms. The summed E-state index contributed by atoms with van der Waals surface area (Å²) in [5.41, 5.74) is 4.03. The fourth-order valence-electron chi connectivity index (χ4n) is 4.61. The van der Waals surface area contributed by atoms with Gasteiger partial charge in [0.05, 0.1) is 6.61 Å². The molecule has 1 aromatic heterocycles. The molecule has 33 heavy (non-hydrogen) atoms. The smallest absolute Gasteiger partial charge is 0.409 e. The second-order valence-electron chi connectivity index (χ2n) is 8.32. The molecule has 1 fully saturated rings. The fourth-order valence-corrected chi connectivity index (χ4v) is 4.61. The van der Waals surface area contributed by atoms with Crippen molar-refractivity contribution in [2.75, 3.05) is 32.8 Å². The lowest BCUT2D eigenvalue weighted by atomic mass is 9.87. The average Bonchev–Trinajstić information content (AvgIpc) is 3.26. The molecule has 2 aromatic carbocycles. The maximum atomic E-state index is 14.1. The number of benzene rings is 2. The van der Waals surface area contributed by atoms with Gasteiger partial charge in [-0.3, -0.25) is 4.79 Å². The van der Waals surface area contributed by atoms with Gasteiger partial charge in [0, 0.05) is 55.6 Å². The van der Waals surface area contributed by atoms with Crippen molar-refractivity contribution in [3.8, 4) is 0 Å². The summed E-state index contributed by atoms with van der Waals surface area (Å²) < 4.78 is 19.2. The number of carbonyl (C=O) groups is 2. The zero-order valence-electron chi connectivity index (χ0n) is 19.1. The number of fused-ring (bicyclic) bond motifs is 1. The SMILES string of the molecule is CCOC(=O)N1CCN(C(=O)C[C@H](c2cccc(F)c2)c2c[nH]c3c(CC)cccc23)CC1. The predicted octanol–water partition coefficient (Wildman–Crippen LogP) is 4.69. The van der Waals surface area contributed by atoms with Crippen LogP contribution in [-0.4, -0.2) is 59.6 Å². The summed E-state index contributed by atoms with van der Waals surface area (Å²) in [4.78, 5) is 32.1. The molecule has 0 spiro atoms. The molecule has 7 heteroatoms. The lowest BCUT2D eigenvalue weighted by Crippen LogP contribution is -2.50. The highest BCUT2D eigenvalue weighted by Gasteiger charge is 2.28. The zero-order chi connectivity index (χ0) is 23.4. The highest BCUT2D eigenvalue weighted by Crippen LogP contribution is 2.35. The number of amides is 2. The summed E-state index contributed by atoms with van der Waals surface area (Å²) >= 11 is 0. The lowest BCUT2D eigenvalue weighted by Gasteiger charge is -2.34. The Kier molecular flexibility index (Phi) is 6.96. The van der Waals surface area contributed by atoms with Gasteiger partial charge in [0.25, 0.3) is 0 Å². The van der Waals surface area contributed by atoms with Crippen LogP contribution in [0.4, 0.5) is 9.18 Å². The first-order chi connectivity index (χ1) is 16.0. The number of hydrogen-bond donors (Lipinski definition) is 1. The van der Waals surface area contributed by atoms with E-state index in [9.17, 15) is 14.0 Å². The molecule has 174 valence electrons. The van der Waals surface area contributed by atoms with Crippen molar-refractivity contribution in [2.45, 2.75) is 32.6 Å². The Labute approximate surface area is 193 Å². The number of aryl methyl sites for hydroxylation is 1. The molecule has 1 aliphatic heterocycles. The van der Waals surface area contributed by atoms with Gasteiger partial charge >= 0.3 is 6.09 Å². The first-order valence-electron chi connectivity index (χ1n) is 11.6. The second-order valence-corrected chi connectivity index (χ2v) is 8.32. The second kappa shape index (κ2) is 10.1. The molecule has 1 N–H and O–H groups in total. The number of aromatic nitrogens is 1. The molecule has 2 amide bonds. The summed E-state index contributed by atoms with van der Waals surface area (Å²) in [6, 6.07) is 12.7. The molecule has 0 unspecified atom stereocenters. The highest BCUT2D eigenvalue weighted by molar-refractivity contribution is 5.88. The van der Waals surface area contributed by atoms with Crippen LogP contribution in [0.15, 0.2) is 48.7 Å². The van der Waals surface area contributed by atoms with Crippen molar-refractivity contribution < 1.29 is 18.7 Å². The van der Waals surface area contributed by atoms with E-state index in [0.717, 1.165) is 28.5 Å². The van der Waals surface area contributed by atoms with Crippen LogP contribution in [0.25, 0.3) is 10.9 Å². The summed E-state index contributed by atoms with van der Waals surface area (Å²) in [5.74, 6) is -0.604. The van der Waals surface area contributed by atoms with E-state index in [2.05, 4.69) is 24.0 Å². The number of piperazine rings is 1. The van der Waals surface area contributed by atoms with E-state index < -0.39 is 0 Å². The van der Waals surface area contributed by atoms with Crippen LogP contribution < -0.4 is 0 Å². The zero-order valence-corrected chi connectivity index (χ0v) is 19.1. The van der Waals surface area contributed by atoms with Gasteiger partial charge in [0.15, 0.2) is 0 Å². The van der Waals surface area contributed by atoms with Crippen molar-refractivity contribution in [1.82, 2.24) is 14.8 Å². The summed E-state index contributed by atoms with van der Waals surface area (Å²) in [5, 5.41) is 1.06. The molecule has 1 aliphatic rings. The number of para-hydroxylation sites is 1. The average molecular weight is 452 g/mol. The lowest BCUT2D eigenvalue weighted by molar-refractivity contribution is -0.133. The van der Waals surface area contributed by atoms with Crippen LogP contribution in [0, 0.1) is 5.82 Å². The van der Waals surface area contributed by atoms with Gasteiger partial charge in [-0.25, -0.2) is 9.18 Å². The molecule has 0 saturated carbocycles. The normalized spacial score (nSPS) is 15.0. The van der Waals surface area contributed by atoms with Crippen LogP contribution in [0.3, 0.4) is 0 Å². The molecule has 0 radical (unpaired) electrons. The third-order valence-electron chi connectivity index (χ3n) is 6.38. The summed E-state index contributed by atoms with van der Waals surface area (Å²) in [7, 11) is 0. The maximum Gasteiger partial charge on any atom is 0.409 e. The van der Waals surface area contributed by atoms with Crippen LogP contribution in [0.1, 0.15) is 42.9 Å². The Hall–Kier alpha value is -3.35. The van der Waals surface area contributed by atoms with E-state index in [1.807, 2.05) is 18.3 Å². The number of nitrogens with zero attached hydrogens (tertiary/aromatic N) is 2. The number of aromatic amines is 1. The van der Waals surface area contributed by atoms with Gasteiger partial charge in [-0.2, -0.15) is 0 Å². The van der Waals surface area contributed by atoms with Crippen molar-refractivity contribution in [1.29, 1.82) is 0 Å².